The lowest BCUT2D eigenvalue weighted by atomic mass is 10.00. The number of nitrogen functional groups attached to an aromatic ring is 1. The van der Waals surface area contributed by atoms with Crippen molar-refractivity contribution < 1.29 is 22.7 Å². The van der Waals surface area contributed by atoms with Gasteiger partial charge in [-0.05, 0) is 37.5 Å². The molecule has 1 unspecified atom stereocenters. The first-order chi connectivity index (χ1) is 9.38. The van der Waals surface area contributed by atoms with Gasteiger partial charge in [0, 0.05) is 24.3 Å². The molecule has 20 heavy (non-hydrogen) atoms. The minimum atomic E-state index is -4.47. The third-order valence-corrected chi connectivity index (χ3v) is 3.40. The highest BCUT2D eigenvalue weighted by Crippen LogP contribution is 2.31. The molecule has 1 heterocycles. The van der Waals surface area contributed by atoms with Gasteiger partial charge in [0.15, 0.2) is 5.78 Å². The van der Waals surface area contributed by atoms with Crippen LogP contribution in [0.4, 0.5) is 18.9 Å². The number of hydrogen-bond donors (Lipinski definition) is 1. The lowest BCUT2D eigenvalue weighted by Gasteiger charge is -2.12. The van der Waals surface area contributed by atoms with Crippen molar-refractivity contribution >= 4 is 11.5 Å². The summed E-state index contributed by atoms with van der Waals surface area (Å²) in [6.07, 6.45) is -1.91. The lowest BCUT2D eigenvalue weighted by Crippen LogP contribution is -2.12. The molecule has 1 aliphatic rings. The van der Waals surface area contributed by atoms with Crippen molar-refractivity contribution in [3.63, 3.8) is 0 Å². The Hall–Kier alpha value is -1.56. The average molecular weight is 287 g/mol. The number of ketones is 1. The van der Waals surface area contributed by atoms with Gasteiger partial charge in [0.05, 0.1) is 11.7 Å². The van der Waals surface area contributed by atoms with E-state index in [0.717, 1.165) is 31.0 Å². The molecule has 0 aliphatic carbocycles. The molecule has 0 spiro atoms. The number of Topliss-reactive ketones (excluding diaryl/α,β-unsaturated/α-hetero) is 1. The number of rotatable bonds is 4. The molecular formula is C14H16F3NO2. The fraction of sp³-hybridized carbons (Fsp3) is 0.500. The molecule has 1 aromatic rings. The van der Waals surface area contributed by atoms with Crippen LogP contribution in [0, 0.1) is 0 Å². The van der Waals surface area contributed by atoms with E-state index >= 15 is 0 Å². The maximum Gasteiger partial charge on any atom is 0.416 e. The summed E-state index contributed by atoms with van der Waals surface area (Å²) in [5.74, 6) is -0.371. The van der Waals surface area contributed by atoms with Gasteiger partial charge >= 0.3 is 6.18 Å². The number of nitrogens with two attached hydrogens (primary N) is 1. The summed E-state index contributed by atoms with van der Waals surface area (Å²) in [6, 6.07) is 2.83. The van der Waals surface area contributed by atoms with Crippen molar-refractivity contribution in [2.75, 3.05) is 12.3 Å². The fourth-order valence-electron chi connectivity index (χ4n) is 2.27. The monoisotopic (exact) mass is 287 g/mol. The van der Waals surface area contributed by atoms with Gasteiger partial charge in [0.1, 0.15) is 0 Å². The Bertz CT molecular complexity index is 494. The first-order valence-corrected chi connectivity index (χ1v) is 6.49. The number of carbonyl (C=O) groups is 1. The molecule has 1 fully saturated rings. The van der Waals surface area contributed by atoms with Gasteiger partial charge < -0.3 is 10.5 Å². The van der Waals surface area contributed by atoms with Crippen LogP contribution in [0.25, 0.3) is 0 Å². The van der Waals surface area contributed by atoms with E-state index in [4.69, 9.17) is 10.5 Å². The molecule has 2 rings (SSSR count). The second-order valence-electron chi connectivity index (χ2n) is 4.90. The smallest absolute Gasteiger partial charge is 0.398 e. The molecule has 0 bridgehead atoms. The van der Waals surface area contributed by atoms with Crippen LogP contribution in [-0.2, 0) is 10.9 Å². The van der Waals surface area contributed by atoms with Gasteiger partial charge in [0.2, 0.25) is 0 Å². The van der Waals surface area contributed by atoms with Gasteiger partial charge in [-0.3, -0.25) is 4.79 Å². The van der Waals surface area contributed by atoms with Crippen LogP contribution in [0.15, 0.2) is 18.2 Å². The topological polar surface area (TPSA) is 52.3 Å². The van der Waals surface area contributed by atoms with Crippen molar-refractivity contribution in [2.24, 2.45) is 0 Å². The number of benzene rings is 1. The number of anilines is 1. The Morgan fingerprint density at radius 1 is 1.40 bits per heavy atom. The molecule has 0 aromatic heterocycles. The van der Waals surface area contributed by atoms with Gasteiger partial charge in [0.25, 0.3) is 0 Å². The maximum absolute atomic E-state index is 12.6. The fourth-order valence-corrected chi connectivity index (χ4v) is 2.27. The number of halogens is 3. The minimum absolute atomic E-state index is 0.0333. The van der Waals surface area contributed by atoms with Crippen LogP contribution in [0.5, 0.6) is 0 Å². The Labute approximate surface area is 114 Å². The van der Waals surface area contributed by atoms with E-state index in [9.17, 15) is 18.0 Å². The normalized spacial score (nSPS) is 19.2. The van der Waals surface area contributed by atoms with E-state index in [1.807, 2.05) is 0 Å². The molecule has 1 aliphatic heterocycles. The largest absolute Gasteiger partial charge is 0.416 e. The molecule has 2 N–H and O–H groups in total. The molecule has 1 aromatic carbocycles. The average Bonchev–Trinajstić information content (AvgIpc) is 2.88. The summed E-state index contributed by atoms with van der Waals surface area (Å²) in [5, 5.41) is 0. The predicted molar refractivity (Wildman–Crippen MR) is 68.4 cm³/mol. The standard InChI is InChI=1S/C14H16F3NO2/c15-14(16,17)9-3-5-12(18)11(8-9)13(19)6-4-10-2-1-7-20-10/h3,5,8,10H,1-2,4,6-7,18H2. The highest BCUT2D eigenvalue weighted by atomic mass is 19.4. The third kappa shape index (κ3) is 3.50. The Balaban J connectivity index is 2.08. The van der Waals surface area contributed by atoms with E-state index < -0.39 is 11.7 Å². The van der Waals surface area contributed by atoms with E-state index in [-0.39, 0.29) is 29.6 Å². The molecule has 1 saturated heterocycles. The molecule has 0 amide bonds. The van der Waals surface area contributed by atoms with Gasteiger partial charge in [-0.25, -0.2) is 0 Å². The summed E-state index contributed by atoms with van der Waals surface area (Å²) in [4.78, 5) is 12.0. The molecular weight excluding hydrogens is 271 g/mol. The maximum atomic E-state index is 12.6. The van der Waals surface area contributed by atoms with E-state index in [0.29, 0.717) is 13.0 Å². The Morgan fingerprint density at radius 3 is 2.75 bits per heavy atom. The summed E-state index contributed by atoms with van der Waals surface area (Å²) in [6.45, 7) is 0.685. The van der Waals surface area contributed by atoms with Crippen LogP contribution in [0.1, 0.15) is 41.6 Å². The summed E-state index contributed by atoms with van der Waals surface area (Å²) in [7, 11) is 0. The van der Waals surface area contributed by atoms with E-state index in [1.165, 1.54) is 0 Å². The van der Waals surface area contributed by atoms with Crippen molar-refractivity contribution in [2.45, 2.75) is 38.0 Å². The molecule has 1 atom stereocenters. The minimum Gasteiger partial charge on any atom is -0.398 e. The van der Waals surface area contributed by atoms with E-state index in [2.05, 4.69) is 0 Å². The zero-order valence-corrected chi connectivity index (χ0v) is 10.9. The van der Waals surface area contributed by atoms with Crippen LogP contribution in [0.2, 0.25) is 0 Å². The number of carbonyl (C=O) groups excluding carboxylic acids is 1. The first kappa shape index (κ1) is 14.8. The molecule has 3 nitrogen and oxygen atoms in total. The zero-order valence-electron chi connectivity index (χ0n) is 10.9. The zero-order chi connectivity index (χ0) is 14.8. The molecule has 0 radical (unpaired) electrons. The van der Waals surface area contributed by atoms with Gasteiger partial charge in [-0.15, -0.1) is 0 Å². The van der Waals surface area contributed by atoms with E-state index in [1.54, 1.807) is 0 Å². The Kier molecular flexibility index (Phi) is 4.32. The third-order valence-electron chi connectivity index (χ3n) is 3.40. The summed E-state index contributed by atoms with van der Waals surface area (Å²) < 4.78 is 43.3. The van der Waals surface area contributed by atoms with Crippen molar-refractivity contribution in [3.05, 3.63) is 29.3 Å². The Morgan fingerprint density at radius 2 is 2.15 bits per heavy atom. The van der Waals surface area contributed by atoms with Crippen LogP contribution in [-0.4, -0.2) is 18.5 Å². The highest BCUT2D eigenvalue weighted by Gasteiger charge is 2.31. The van der Waals surface area contributed by atoms with Crippen molar-refractivity contribution in [1.29, 1.82) is 0 Å². The van der Waals surface area contributed by atoms with Gasteiger partial charge in [-0.1, -0.05) is 0 Å². The summed E-state index contributed by atoms with van der Waals surface area (Å²) in [5.41, 5.74) is 4.76. The predicted octanol–water partition coefficient (Wildman–Crippen LogP) is 3.43. The van der Waals surface area contributed by atoms with Crippen LogP contribution in [0.3, 0.4) is 0 Å². The molecule has 110 valence electrons. The summed E-state index contributed by atoms with van der Waals surface area (Å²) >= 11 is 0. The van der Waals surface area contributed by atoms with Crippen molar-refractivity contribution in [1.82, 2.24) is 0 Å². The number of hydrogen-bond acceptors (Lipinski definition) is 3. The quantitative estimate of drug-likeness (QED) is 0.682. The second kappa shape index (κ2) is 5.83. The number of ether oxygens (including phenoxy) is 1. The highest BCUT2D eigenvalue weighted by molar-refractivity contribution is 6.00. The van der Waals surface area contributed by atoms with Crippen LogP contribution < -0.4 is 5.73 Å². The first-order valence-electron chi connectivity index (χ1n) is 6.49. The molecule has 6 heteroatoms. The van der Waals surface area contributed by atoms with Gasteiger partial charge in [-0.2, -0.15) is 13.2 Å². The SMILES string of the molecule is Nc1ccc(C(F)(F)F)cc1C(=O)CCC1CCCO1. The van der Waals surface area contributed by atoms with Crippen molar-refractivity contribution in [3.8, 4) is 0 Å². The number of alkyl halides is 3. The van der Waals surface area contributed by atoms with Crippen LogP contribution >= 0.6 is 0 Å². The second-order valence-corrected chi connectivity index (χ2v) is 4.90. The molecule has 0 saturated carbocycles. The lowest BCUT2D eigenvalue weighted by molar-refractivity contribution is -0.137.